The lowest BCUT2D eigenvalue weighted by Crippen LogP contribution is -3.06. The lowest BCUT2D eigenvalue weighted by atomic mass is 10.2. The molecule has 0 unspecified atom stereocenters. The van der Waals surface area contributed by atoms with Crippen LogP contribution in [0.25, 0.3) is 10.2 Å². The van der Waals surface area contributed by atoms with E-state index in [9.17, 15) is 4.79 Å². The zero-order valence-electron chi connectivity index (χ0n) is 16.7. The number of likely N-dealkylation sites (N-methyl/N-ethyl adjacent to an activating group) is 1. The maximum Gasteiger partial charge on any atom is 0.260 e. The average Bonchev–Trinajstić information content (AvgIpc) is 3.13. The van der Waals surface area contributed by atoms with Crippen molar-refractivity contribution < 1.29 is 19.2 Å². The van der Waals surface area contributed by atoms with E-state index < -0.39 is 0 Å². The van der Waals surface area contributed by atoms with Crippen LogP contribution in [0.4, 0.5) is 5.13 Å². The molecule has 1 heterocycles. The van der Waals surface area contributed by atoms with Crippen LogP contribution in [0.5, 0.6) is 11.5 Å². The summed E-state index contributed by atoms with van der Waals surface area (Å²) in [7, 11) is 5.75. The van der Waals surface area contributed by atoms with Gasteiger partial charge in [0.2, 0.25) is 0 Å². The van der Waals surface area contributed by atoms with Gasteiger partial charge in [-0.15, -0.1) is 0 Å². The van der Waals surface area contributed by atoms with Crippen LogP contribution >= 0.6 is 11.3 Å². The highest BCUT2D eigenvalue weighted by Gasteiger charge is 2.23. The first-order valence-corrected chi connectivity index (χ1v) is 10.1. The van der Waals surface area contributed by atoms with Gasteiger partial charge in [-0.3, -0.25) is 9.69 Å². The third-order valence-electron chi connectivity index (χ3n) is 4.32. The Kier molecular flexibility index (Phi) is 6.49. The van der Waals surface area contributed by atoms with E-state index >= 15 is 0 Å². The summed E-state index contributed by atoms with van der Waals surface area (Å²) in [5.74, 6) is 1.40. The average molecular weight is 401 g/mol. The van der Waals surface area contributed by atoms with Gasteiger partial charge in [-0.05, 0) is 43.3 Å². The van der Waals surface area contributed by atoms with E-state index in [1.165, 1.54) is 16.2 Å². The lowest BCUT2D eigenvalue weighted by molar-refractivity contribution is -0.856. The molecule has 148 valence electrons. The van der Waals surface area contributed by atoms with Crippen LogP contribution in [0, 0.1) is 0 Å². The van der Waals surface area contributed by atoms with Gasteiger partial charge in [0.1, 0.15) is 17.0 Å². The molecule has 0 spiro atoms. The number of amides is 1. The quantitative estimate of drug-likeness (QED) is 0.631. The van der Waals surface area contributed by atoms with Crippen molar-refractivity contribution in [2.24, 2.45) is 0 Å². The predicted molar refractivity (Wildman–Crippen MR) is 113 cm³/mol. The number of hydrogen-bond acceptors (Lipinski definition) is 5. The normalized spacial score (nSPS) is 11.0. The van der Waals surface area contributed by atoms with Crippen LogP contribution in [-0.2, 0) is 0 Å². The van der Waals surface area contributed by atoms with Crippen molar-refractivity contribution in [2.45, 2.75) is 6.92 Å². The summed E-state index contributed by atoms with van der Waals surface area (Å²) in [4.78, 5) is 21.0. The van der Waals surface area contributed by atoms with E-state index in [0.717, 1.165) is 28.3 Å². The molecule has 3 rings (SSSR count). The summed E-state index contributed by atoms with van der Waals surface area (Å²) >= 11 is 1.51. The molecule has 1 N–H and O–H groups in total. The van der Waals surface area contributed by atoms with Crippen LogP contribution < -0.4 is 19.3 Å². The highest BCUT2D eigenvalue weighted by molar-refractivity contribution is 7.22. The highest BCUT2D eigenvalue weighted by Crippen LogP contribution is 2.34. The summed E-state index contributed by atoms with van der Waals surface area (Å²) in [6.45, 7) is 3.92. The number of aromatic nitrogens is 1. The van der Waals surface area contributed by atoms with Gasteiger partial charge in [0.25, 0.3) is 5.91 Å². The minimum absolute atomic E-state index is 0.0686. The number of quaternary nitrogens is 1. The van der Waals surface area contributed by atoms with E-state index in [-0.39, 0.29) is 5.91 Å². The number of ether oxygens (including phenoxy) is 2. The second-order valence-corrected chi connectivity index (χ2v) is 7.68. The summed E-state index contributed by atoms with van der Waals surface area (Å²) in [5, 5.41) is 0.684. The van der Waals surface area contributed by atoms with E-state index in [1.54, 1.807) is 36.3 Å². The molecule has 6 nitrogen and oxygen atoms in total. The number of para-hydroxylation sites is 1. The molecule has 0 atom stereocenters. The van der Waals surface area contributed by atoms with Crippen LogP contribution in [-0.4, -0.2) is 51.8 Å². The molecule has 3 aromatic rings. The molecular formula is C21H26N3O3S+. The van der Waals surface area contributed by atoms with Crippen molar-refractivity contribution in [1.82, 2.24) is 4.98 Å². The summed E-state index contributed by atoms with van der Waals surface area (Å²) in [6.07, 6.45) is 0. The minimum atomic E-state index is -0.0686. The standard InChI is InChI=1S/C21H25N3O3S/c1-5-27-17-7-6-8-18-19(17)22-21(28-18)24(14-13-23(2)3)20(25)15-9-11-16(26-4)12-10-15/h6-12H,5,13-14H2,1-4H3/p+1. The van der Waals surface area contributed by atoms with Crippen molar-refractivity contribution in [3.63, 3.8) is 0 Å². The molecule has 1 aromatic heterocycles. The predicted octanol–water partition coefficient (Wildman–Crippen LogP) is 2.49. The second kappa shape index (κ2) is 9.03. The SMILES string of the molecule is CCOc1cccc2sc(N(CC[NH+](C)C)C(=O)c3ccc(OC)cc3)nc12. The van der Waals surface area contributed by atoms with Gasteiger partial charge in [0.15, 0.2) is 5.13 Å². The van der Waals surface area contributed by atoms with E-state index in [0.29, 0.717) is 23.8 Å². The number of rotatable bonds is 8. The van der Waals surface area contributed by atoms with Crippen LogP contribution in [0.3, 0.4) is 0 Å². The number of carbonyl (C=O) groups is 1. The number of thiazole rings is 1. The van der Waals surface area contributed by atoms with Crippen LogP contribution in [0.2, 0.25) is 0 Å². The Morgan fingerprint density at radius 2 is 1.93 bits per heavy atom. The number of nitrogens with zero attached hydrogens (tertiary/aromatic N) is 2. The number of nitrogens with one attached hydrogen (secondary N) is 1. The fourth-order valence-electron chi connectivity index (χ4n) is 2.81. The van der Waals surface area contributed by atoms with Gasteiger partial charge in [0.05, 0.1) is 45.6 Å². The van der Waals surface area contributed by atoms with E-state index in [2.05, 4.69) is 14.1 Å². The molecule has 0 aliphatic rings. The molecule has 2 aromatic carbocycles. The molecule has 28 heavy (non-hydrogen) atoms. The fourth-order valence-corrected chi connectivity index (χ4v) is 3.82. The first-order chi connectivity index (χ1) is 13.5. The van der Waals surface area contributed by atoms with Crippen molar-refractivity contribution in [3.05, 3.63) is 48.0 Å². The molecule has 0 bridgehead atoms. The Labute approximate surface area is 169 Å². The van der Waals surface area contributed by atoms with Gasteiger partial charge in [-0.25, -0.2) is 4.98 Å². The molecule has 0 fully saturated rings. The van der Waals surface area contributed by atoms with Crippen molar-refractivity contribution in [3.8, 4) is 11.5 Å². The zero-order valence-corrected chi connectivity index (χ0v) is 17.5. The fraction of sp³-hybridized carbons (Fsp3) is 0.333. The molecule has 0 aliphatic heterocycles. The van der Waals surface area contributed by atoms with Gasteiger partial charge in [-0.1, -0.05) is 17.4 Å². The lowest BCUT2D eigenvalue weighted by Gasteiger charge is -2.20. The van der Waals surface area contributed by atoms with E-state index in [1.807, 2.05) is 25.1 Å². The third-order valence-corrected chi connectivity index (χ3v) is 5.36. The Morgan fingerprint density at radius 1 is 1.18 bits per heavy atom. The van der Waals surface area contributed by atoms with Gasteiger partial charge < -0.3 is 14.4 Å². The number of hydrogen-bond donors (Lipinski definition) is 1. The number of fused-ring (bicyclic) bond motifs is 1. The van der Waals surface area contributed by atoms with Gasteiger partial charge in [0, 0.05) is 5.56 Å². The molecule has 0 aliphatic carbocycles. The van der Waals surface area contributed by atoms with E-state index in [4.69, 9.17) is 14.5 Å². The molecule has 1 amide bonds. The summed E-state index contributed by atoms with van der Waals surface area (Å²) in [5.41, 5.74) is 1.41. The molecule has 0 saturated heterocycles. The number of anilines is 1. The van der Waals surface area contributed by atoms with Crippen molar-refractivity contribution >= 4 is 32.6 Å². The van der Waals surface area contributed by atoms with Gasteiger partial charge >= 0.3 is 0 Å². The minimum Gasteiger partial charge on any atom is -0.497 e. The topological polar surface area (TPSA) is 56.1 Å². The Morgan fingerprint density at radius 3 is 2.57 bits per heavy atom. The molecule has 0 saturated carbocycles. The summed E-state index contributed by atoms with van der Waals surface area (Å²) < 4.78 is 11.9. The molecule has 7 heteroatoms. The smallest absolute Gasteiger partial charge is 0.260 e. The Hall–Kier alpha value is -2.64. The monoisotopic (exact) mass is 400 g/mol. The number of benzene rings is 2. The first kappa shape index (κ1) is 20.1. The second-order valence-electron chi connectivity index (χ2n) is 6.67. The third kappa shape index (κ3) is 4.43. The van der Waals surface area contributed by atoms with Crippen LogP contribution in [0.15, 0.2) is 42.5 Å². The van der Waals surface area contributed by atoms with Crippen molar-refractivity contribution in [1.29, 1.82) is 0 Å². The Balaban J connectivity index is 1.98. The largest absolute Gasteiger partial charge is 0.497 e. The Bertz CT molecular complexity index is 938. The first-order valence-electron chi connectivity index (χ1n) is 9.30. The van der Waals surface area contributed by atoms with Crippen molar-refractivity contribution in [2.75, 3.05) is 45.8 Å². The summed E-state index contributed by atoms with van der Waals surface area (Å²) in [6, 6.07) is 13.0. The maximum absolute atomic E-state index is 13.3. The number of methoxy groups -OCH3 is 1. The van der Waals surface area contributed by atoms with Crippen LogP contribution in [0.1, 0.15) is 17.3 Å². The zero-order chi connectivity index (χ0) is 20.1. The maximum atomic E-state index is 13.3. The molecule has 0 radical (unpaired) electrons. The van der Waals surface area contributed by atoms with Gasteiger partial charge in [-0.2, -0.15) is 0 Å². The highest BCUT2D eigenvalue weighted by atomic mass is 32.1. The molecular weight excluding hydrogens is 374 g/mol. The number of carbonyl (C=O) groups excluding carboxylic acids is 1.